The van der Waals surface area contributed by atoms with Crippen molar-refractivity contribution in [2.45, 2.75) is 32.4 Å². The molecule has 9 nitrogen and oxygen atoms in total. The molecule has 0 unspecified atom stereocenters. The number of anilines is 2. The summed E-state index contributed by atoms with van der Waals surface area (Å²) in [5.74, 6) is 0.0377. The lowest BCUT2D eigenvalue weighted by Gasteiger charge is -2.40. The van der Waals surface area contributed by atoms with Crippen LogP contribution >= 0.6 is 0 Å². The Bertz CT molecular complexity index is 1010. The van der Waals surface area contributed by atoms with Gasteiger partial charge >= 0.3 is 6.09 Å². The number of likely N-dealkylation sites (N-methyl/N-ethyl adjacent to an activating group) is 1. The number of nitrogens with zero attached hydrogens (tertiary/aromatic N) is 5. The van der Waals surface area contributed by atoms with Gasteiger partial charge in [-0.25, -0.2) is 4.79 Å². The molecular formula is C21H25N5O4. The van der Waals surface area contributed by atoms with Gasteiger partial charge in [0.05, 0.1) is 23.6 Å². The lowest BCUT2D eigenvalue weighted by atomic mass is 10.0. The average molecular weight is 411 g/mol. The van der Waals surface area contributed by atoms with Crippen LogP contribution in [0, 0.1) is 5.92 Å². The Balaban J connectivity index is 1.69. The van der Waals surface area contributed by atoms with Crippen molar-refractivity contribution >= 4 is 29.3 Å². The fraction of sp³-hybridized carbons (Fsp3) is 0.429. The summed E-state index contributed by atoms with van der Waals surface area (Å²) in [5.41, 5.74) is 2.65. The molecule has 1 atom stereocenters. The molecule has 9 heteroatoms. The van der Waals surface area contributed by atoms with Gasteiger partial charge in [-0.2, -0.15) is 5.10 Å². The Hall–Kier alpha value is -3.36. The first-order valence-electron chi connectivity index (χ1n) is 9.97. The molecule has 2 aliphatic rings. The predicted octanol–water partition coefficient (Wildman–Crippen LogP) is 2.27. The summed E-state index contributed by atoms with van der Waals surface area (Å²) in [7, 11) is 3.37. The van der Waals surface area contributed by atoms with Crippen LogP contribution in [-0.2, 0) is 16.1 Å². The van der Waals surface area contributed by atoms with Gasteiger partial charge in [-0.1, -0.05) is 6.07 Å². The van der Waals surface area contributed by atoms with Crippen molar-refractivity contribution in [2.75, 3.05) is 30.4 Å². The molecule has 1 N–H and O–H groups in total. The third-order valence-electron chi connectivity index (χ3n) is 5.57. The molecule has 30 heavy (non-hydrogen) atoms. The lowest BCUT2D eigenvalue weighted by Crippen LogP contribution is -2.52. The first-order chi connectivity index (χ1) is 14.3. The standard InChI is InChI=1S/C21H25N5O4/c1-13-10-25(21(29)30)18-8-15(6-7-17(18)26(13)20(28)14-4-5-14)16-9-22-24(11-16)12-19(27)23(2)3/h6-9,11,13-14H,4-5,10,12H2,1-3H3,(H,29,30)/t13-/m0/s1. The number of fused-ring (bicyclic) bond motifs is 1. The number of benzene rings is 1. The van der Waals surface area contributed by atoms with E-state index in [0.717, 1.165) is 24.0 Å². The number of hydrogen-bond acceptors (Lipinski definition) is 4. The van der Waals surface area contributed by atoms with Crippen molar-refractivity contribution < 1.29 is 19.5 Å². The zero-order valence-corrected chi connectivity index (χ0v) is 17.3. The van der Waals surface area contributed by atoms with Crippen LogP contribution in [0.3, 0.4) is 0 Å². The monoisotopic (exact) mass is 411 g/mol. The number of aromatic nitrogens is 2. The molecule has 0 spiro atoms. The van der Waals surface area contributed by atoms with Crippen LogP contribution in [0.15, 0.2) is 30.6 Å². The third kappa shape index (κ3) is 3.62. The molecule has 2 heterocycles. The highest BCUT2D eigenvalue weighted by Gasteiger charge is 2.41. The molecule has 1 fully saturated rings. The van der Waals surface area contributed by atoms with Gasteiger partial charge in [0, 0.05) is 38.3 Å². The minimum absolute atomic E-state index is 0.0452. The highest BCUT2D eigenvalue weighted by atomic mass is 16.4. The summed E-state index contributed by atoms with van der Waals surface area (Å²) in [6.07, 6.45) is 4.14. The van der Waals surface area contributed by atoms with E-state index < -0.39 is 6.09 Å². The van der Waals surface area contributed by atoms with Crippen molar-refractivity contribution in [1.29, 1.82) is 0 Å². The first-order valence-corrected chi connectivity index (χ1v) is 9.97. The van der Waals surface area contributed by atoms with Crippen molar-refractivity contribution in [3.05, 3.63) is 30.6 Å². The van der Waals surface area contributed by atoms with E-state index in [1.807, 2.05) is 13.0 Å². The summed E-state index contributed by atoms with van der Waals surface area (Å²) < 4.78 is 1.55. The van der Waals surface area contributed by atoms with E-state index in [-0.39, 0.29) is 36.9 Å². The van der Waals surface area contributed by atoms with Gasteiger partial charge < -0.3 is 14.9 Å². The van der Waals surface area contributed by atoms with Crippen LogP contribution < -0.4 is 9.80 Å². The third-order valence-corrected chi connectivity index (χ3v) is 5.57. The van der Waals surface area contributed by atoms with Crippen molar-refractivity contribution in [3.8, 4) is 11.1 Å². The molecule has 0 radical (unpaired) electrons. The fourth-order valence-electron chi connectivity index (χ4n) is 3.73. The molecule has 1 aliphatic heterocycles. The Labute approximate surface area is 174 Å². The van der Waals surface area contributed by atoms with E-state index in [1.165, 1.54) is 9.80 Å². The van der Waals surface area contributed by atoms with E-state index in [9.17, 15) is 19.5 Å². The first kappa shape index (κ1) is 19.9. The number of carboxylic acid groups (broad SMARTS) is 1. The highest BCUT2D eigenvalue weighted by molar-refractivity contribution is 6.04. The maximum absolute atomic E-state index is 12.8. The molecule has 0 saturated heterocycles. The Morgan fingerprint density at radius 2 is 1.90 bits per heavy atom. The van der Waals surface area contributed by atoms with Crippen LogP contribution in [0.5, 0.6) is 0 Å². The van der Waals surface area contributed by atoms with E-state index >= 15 is 0 Å². The zero-order valence-electron chi connectivity index (χ0n) is 17.3. The van der Waals surface area contributed by atoms with E-state index in [4.69, 9.17) is 0 Å². The quantitative estimate of drug-likeness (QED) is 0.832. The maximum atomic E-state index is 12.8. The van der Waals surface area contributed by atoms with E-state index in [2.05, 4.69) is 5.10 Å². The van der Waals surface area contributed by atoms with Gasteiger partial charge in [0.15, 0.2) is 0 Å². The lowest BCUT2D eigenvalue weighted by molar-refractivity contribution is -0.129. The Kier molecular flexibility index (Phi) is 4.97. The second-order valence-electron chi connectivity index (χ2n) is 8.14. The van der Waals surface area contributed by atoms with Crippen LogP contribution in [0.2, 0.25) is 0 Å². The maximum Gasteiger partial charge on any atom is 0.411 e. The molecule has 1 aliphatic carbocycles. The molecule has 1 aromatic carbocycles. The van der Waals surface area contributed by atoms with Gasteiger partial charge in [-0.05, 0) is 37.5 Å². The molecular weight excluding hydrogens is 386 g/mol. The minimum Gasteiger partial charge on any atom is -0.465 e. The number of carbonyl (C=O) groups excluding carboxylic acids is 2. The molecule has 0 bridgehead atoms. The van der Waals surface area contributed by atoms with Crippen molar-refractivity contribution in [2.24, 2.45) is 5.92 Å². The second kappa shape index (κ2) is 7.47. The average Bonchev–Trinajstić information content (AvgIpc) is 3.45. The summed E-state index contributed by atoms with van der Waals surface area (Å²) >= 11 is 0. The van der Waals surface area contributed by atoms with Gasteiger partial charge in [-0.3, -0.25) is 19.2 Å². The normalized spacial score (nSPS) is 18.2. The van der Waals surface area contributed by atoms with Crippen LogP contribution in [-0.4, -0.2) is 64.4 Å². The Morgan fingerprint density at radius 1 is 1.17 bits per heavy atom. The molecule has 3 amide bonds. The van der Waals surface area contributed by atoms with E-state index in [1.54, 1.807) is 48.2 Å². The summed E-state index contributed by atoms with van der Waals surface area (Å²) in [5, 5.41) is 14.0. The fourth-order valence-corrected chi connectivity index (χ4v) is 3.73. The number of hydrogen-bond donors (Lipinski definition) is 1. The zero-order chi connectivity index (χ0) is 21.6. The Morgan fingerprint density at radius 3 is 2.53 bits per heavy atom. The minimum atomic E-state index is -1.05. The molecule has 1 aromatic heterocycles. The summed E-state index contributed by atoms with van der Waals surface area (Å²) in [6, 6.07) is 5.21. The summed E-state index contributed by atoms with van der Waals surface area (Å²) in [4.78, 5) is 41.2. The largest absolute Gasteiger partial charge is 0.465 e. The van der Waals surface area contributed by atoms with Crippen LogP contribution in [0.4, 0.5) is 16.2 Å². The molecule has 2 aromatic rings. The smallest absolute Gasteiger partial charge is 0.411 e. The van der Waals surface area contributed by atoms with Crippen LogP contribution in [0.25, 0.3) is 11.1 Å². The van der Waals surface area contributed by atoms with E-state index in [0.29, 0.717) is 11.4 Å². The number of rotatable bonds is 4. The van der Waals surface area contributed by atoms with Gasteiger partial charge in [0.25, 0.3) is 0 Å². The molecule has 1 saturated carbocycles. The summed E-state index contributed by atoms with van der Waals surface area (Å²) in [6.45, 7) is 2.22. The molecule has 158 valence electrons. The van der Waals surface area contributed by atoms with Crippen molar-refractivity contribution in [1.82, 2.24) is 14.7 Å². The van der Waals surface area contributed by atoms with Gasteiger partial charge in [0.2, 0.25) is 11.8 Å². The number of carbonyl (C=O) groups is 3. The SMILES string of the molecule is C[C@H]1CN(C(=O)O)c2cc(-c3cnn(CC(=O)N(C)C)c3)ccc2N1C(=O)C1CC1. The predicted molar refractivity (Wildman–Crippen MR) is 111 cm³/mol. The van der Waals surface area contributed by atoms with Crippen LogP contribution in [0.1, 0.15) is 19.8 Å². The highest BCUT2D eigenvalue weighted by Crippen LogP contribution is 2.42. The van der Waals surface area contributed by atoms with Gasteiger partial charge in [-0.15, -0.1) is 0 Å². The number of amides is 3. The van der Waals surface area contributed by atoms with Crippen molar-refractivity contribution in [3.63, 3.8) is 0 Å². The second-order valence-corrected chi connectivity index (χ2v) is 8.14. The molecule has 4 rings (SSSR count). The van der Waals surface area contributed by atoms with Gasteiger partial charge in [0.1, 0.15) is 6.54 Å². The topological polar surface area (TPSA) is 99.0 Å².